The van der Waals surface area contributed by atoms with Crippen molar-refractivity contribution in [2.45, 2.75) is 56.7 Å². The fourth-order valence-electron chi connectivity index (χ4n) is 2.06. The number of hydrogen-bond acceptors (Lipinski definition) is 3. The molecule has 1 rings (SSSR count). The second-order valence-electron chi connectivity index (χ2n) is 4.39. The first-order valence-electron chi connectivity index (χ1n) is 5.79. The summed E-state index contributed by atoms with van der Waals surface area (Å²) in [4.78, 5) is 0. The lowest BCUT2D eigenvalue weighted by molar-refractivity contribution is 0.370. The van der Waals surface area contributed by atoms with Gasteiger partial charge in [0.05, 0.1) is 5.25 Å². The second kappa shape index (κ2) is 5.82. The summed E-state index contributed by atoms with van der Waals surface area (Å²) in [7, 11) is -3.34. The normalized spacial score (nSPS) is 27.9. The molecule has 1 aliphatic heterocycles. The smallest absolute Gasteiger partial charge is 0.213 e. The van der Waals surface area contributed by atoms with Gasteiger partial charge < -0.3 is 5.32 Å². The molecule has 0 aromatic carbocycles. The Morgan fingerprint density at radius 1 is 1.33 bits per heavy atom. The zero-order valence-electron chi connectivity index (χ0n) is 9.41. The van der Waals surface area contributed by atoms with Crippen LogP contribution in [0, 0.1) is 0 Å². The Hall–Kier alpha value is -0.130. The fourth-order valence-corrected chi connectivity index (χ4v) is 2.85. The van der Waals surface area contributed by atoms with E-state index < -0.39 is 10.0 Å². The number of nitrogens with two attached hydrogens (primary N) is 1. The minimum Gasteiger partial charge on any atom is -0.313 e. The van der Waals surface area contributed by atoms with Gasteiger partial charge in [0.2, 0.25) is 10.0 Å². The largest absolute Gasteiger partial charge is 0.313 e. The monoisotopic (exact) mass is 234 g/mol. The molecule has 15 heavy (non-hydrogen) atoms. The average molecular weight is 234 g/mol. The number of primary sulfonamides is 1. The quantitative estimate of drug-likeness (QED) is 0.696. The summed E-state index contributed by atoms with van der Waals surface area (Å²) in [6.07, 6.45) is 6.52. The lowest BCUT2D eigenvalue weighted by atomic mass is 9.99. The topological polar surface area (TPSA) is 72.2 Å². The van der Waals surface area contributed by atoms with Gasteiger partial charge in [-0.05, 0) is 19.3 Å². The first kappa shape index (κ1) is 12.9. The average Bonchev–Trinajstić information content (AvgIpc) is 2.18. The molecule has 0 aromatic heterocycles. The van der Waals surface area contributed by atoms with Crippen LogP contribution in [0.15, 0.2) is 0 Å². The Morgan fingerprint density at radius 2 is 2.07 bits per heavy atom. The van der Waals surface area contributed by atoms with Crippen molar-refractivity contribution in [2.24, 2.45) is 5.14 Å². The summed E-state index contributed by atoms with van der Waals surface area (Å²) in [5.41, 5.74) is 0. The third-order valence-corrected chi connectivity index (χ3v) is 4.42. The molecule has 0 bridgehead atoms. The van der Waals surface area contributed by atoms with Crippen molar-refractivity contribution in [3.63, 3.8) is 0 Å². The minimum atomic E-state index is -3.34. The molecule has 0 saturated carbocycles. The zero-order chi connectivity index (χ0) is 11.3. The molecule has 1 aliphatic rings. The van der Waals surface area contributed by atoms with E-state index in [2.05, 4.69) is 12.2 Å². The molecule has 1 fully saturated rings. The van der Waals surface area contributed by atoms with Crippen LogP contribution in [0.1, 0.15) is 45.4 Å². The van der Waals surface area contributed by atoms with Gasteiger partial charge in [0, 0.05) is 12.6 Å². The standard InChI is InChI=1S/C10H22N2O2S/c1-2-3-4-5-9-6-7-10(8-12-9)15(11,13)14/h9-10,12H,2-8H2,1H3,(H2,11,13,14). The predicted octanol–water partition coefficient (Wildman–Crippen LogP) is 0.976. The van der Waals surface area contributed by atoms with Crippen LogP contribution < -0.4 is 10.5 Å². The van der Waals surface area contributed by atoms with Crippen molar-refractivity contribution in [1.29, 1.82) is 0 Å². The van der Waals surface area contributed by atoms with Crippen molar-refractivity contribution >= 4 is 10.0 Å². The van der Waals surface area contributed by atoms with E-state index in [-0.39, 0.29) is 5.25 Å². The van der Waals surface area contributed by atoms with Crippen LogP contribution in [0.25, 0.3) is 0 Å². The van der Waals surface area contributed by atoms with Gasteiger partial charge in [-0.15, -0.1) is 0 Å². The molecule has 1 saturated heterocycles. The van der Waals surface area contributed by atoms with Crippen LogP contribution in [0.3, 0.4) is 0 Å². The maximum absolute atomic E-state index is 11.1. The Bertz CT molecular complexity index is 269. The van der Waals surface area contributed by atoms with Gasteiger partial charge in [0.25, 0.3) is 0 Å². The predicted molar refractivity (Wildman–Crippen MR) is 62.1 cm³/mol. The number of hydrogen-bond donors (Lipinski definition) is 2. The van der Waals surface area contributed by atoms with Crippen molar-refractivity contribution in [3.8, 4) is 0 Å². The molecule has 3 N–H and O–H groups in total. The number of nitrogens with one attached hydrogen (secondary N) is 1. The summed E-state index contributed by atoms with van der Waals surface area (Å²) in [6.45, 7) is 2.71. The molecule has 0 aromatic rings. The first-order valence-corrected chi connectivity index (χ1v) is 7.40. The van der Waals surface area contributed by atoms with Gasteiger partial charge in [0.1, 0.15) is 0 Å². The lowest BCUT2D eigenvalue weighted by Crippen LogP contribution is -2.46. The van der Waals surface area contributed by atoms with Crippen LogP contribution in [-0.2, 0) is 10.0 Å². The molecule has 1 heterocycles. The lowest BCUT2D eigenvalue weighted by Gasteiger charge is -2.28. The van der Waals surface area contributed by atoms with Crippen LogP contribution in [-0.4, -0.2) is 26.3 Å². The van der Waals surface area contributed by atoms with E-state index in [0.29, 0.717) is 19.0 Å². The molecule has 90 valence electrons. The van der Waals surface area contributed by atoms with Crippen molar-refractivity contribution < 1.29 is 8.42 Å². The first-order chi connectivity index (χ1) is 7.04. The maximum atomic E-state index is 11.1. The van der Waals surface area contributed by atoms with Crippen LogP contribution in [0.2, 0.25) is 0 Å². The minimum absolute atomic E-state index is 0.375. The van der Waals surface area contributed by atoms with Gasteiger partial charge >= 0.3 is 0 Å². The van der Waals surface area contributed by atoms with E-state index in [9.17, 15) is 8.42 Å². The fraction of sp³-hybridized carbons (Fsp3) is 1.00. The highest BCUT2D eigenvalue weighted by atomic mass is 32.2. The molecule has 5 heteroatoms. The summed E-state index contributed by atoms with van der Waals surface area (Å²) in [5, 5.41) is 8.01. The number of rotatable bonds is 5. The molecular weight excluding hydrogens is 212 g/mol. The Balaban J connectivity index is 2.24. The third-order valence-electron chi connectivity index (χ3n) is 3.09. The van der Waals surface area contributed by atoms with Crippen LogP contribution >= 0.6 is 0 Å². The summed E-state index contributed by atoms with van der Waals surface area (Å²) in [5.74, 6) is 0. The number of unbranched alkanes of at least 4 members (excludes halogenated alkanes) is 2. The van der Waals surface area contributed by atoms with Crippen molar-refractivity contribution in [3.05, 3.63) is 0 Å². The van der Waals surface area contributed by atoms with Gasteiger partial charge in [-0.2, -0.15) is 0 Å². The third kappa shape index (κ3) is 4.49. The SMILES string of the molecule is CCCCCC1CCC(S(N)(=O)=O)CN1. The molecule has 2 unspecified atom stereocenters. The molecule has 2 atom stereocenters. The van der Waals surface area contributed by atoms with Crippen LogP contribution in [0.5, 0.6) is 0 Å². The molecule has 4 nitrogen and oxygen atoms in total. The van der Waals surface area contributed by atoms with E-state index in [1.54, 1.807) is 0 Å². The van der Waals surface area contributed by atoms with Gasteiger partial charge in [-0.25, -0.2) is 13.6 Å². The van der Waals surface area contributed by atoms with E-state index in [1.807, 2.05) is 0 Å². The zero-order valence-corrected chi connectivity index (χ0v) is 10.2. The molecule has 0 radical (unpaired) electrons. The summed E-state index contributed by atoms with van der Waals surface area (Å²) < 4.78 is 22.2. The molecular formula is C10H22N2O2S. The van der Waals surface area contributed by atoms with Gasteiger partial charge in [-0.3, -0.25) is 0 Å². The highest BCUT2D eigenvalue weighted by Crippen LogP contribution is 2.17. The molecule has 0 amide bonds. The summed E-state index contributed by atoms with van der Waals surface area (Å²) >= 11 is 0. The molecule has 0 spiro atoms. The van der Waals surface area contributed by atoms with Gasteiger partial charge in [-0.1, -0.05) is 26.2 Å². The summed E-state index contributed by atoms with van der Waals surface area (Å²) in [6, 6.07) is 0.495. The number of piperidine rings is 1. The Kier molecular flexibility index (Phi) is 5.02. The van der Waals surface area contributed by atoms with Crippen molar-refractivity contribution in [2.75, 3.05) is 6.54 Å². The molecule has 0 aliphatic carbocycles. The van der Waals surface area contributed by atoms with E-state index in [0.717, 1.165) is 12.8 Å². The Morgan fingerprint density at radius 3 is 2.53 bits per heavy atom. The second-order valence-corrected chi connectivity index (χ2v) is 6.23. The number of sulfonamides is 1. The Labute approximate surface area is 92.7 Å². The maximum Gasteiger partial charge on any atom is 0.213 e. The van der Waals surface area contributed by atoms with E-state index in [1.165, 1.54) is 19.3 Å². The van der Waals surface area contributed by atoms with Gasteiger partial charge in [0.15, 0.2) is 0 Å². The van der Waals surface area contributed by atoms with Crippen molar-refractivity contribution in [1.82, 2.24) is 5.32 Å². The van der Waals surface area contributed by atoms with E-state index in [4.69, 9.17) is 5.14 Å². The highest BCUT2D eigenvalue weighted by Gasteiger charge is 2.27. The van der Waals surface area contributed by atoms with Crippen LogP contribution in [0.4, 0.5) is 0 Å². The van der Waals surface area contributed by atoms with E-state index >= 15 is 0 Å². The highest BCUT2D eigenvalue weighted by molar-refractivity contribution is 7.89.